The number of esters is 1. The number of morpholine rings is 1. The summed E-state index contributed by atoms with van der Waals surface area (Å²) in [6, 6.07) is 2.36. The summed E-state index contributed by atoms with van der Waals surface area (Å²) in [5.41, 5.74) is 0.174. The van der Waals surface area contributed by atoms with Gasteiger partial charge in [-0.25, -0.2) is 18.6 Å². The second-order valence-electron chi connectivity index (χ2n) is 10.6. The van der Waals surface area contributed by atoms with Crippen molar-refractivity contribution in [2.45, 2.75) is 31.6 Å². The summed E-state index contributed by atoms with van der Waals surface area (Å²) >= 11 is 6.33. The first-order chi connectivity index (χ1) is 21.7. The largest absolute Gasteiger partial charge is 0.467 e. The van der Waals surface area contributed by atoms with E-state index in [2.05, 4.69) is 10.3 Å². The number of benzene rings is 1. The van der Waals surface area contributed by atoms with Gasteiger partial charge in [0.25, 0.3) is 11.5 Å². The lowest BCUT2D eigenvalue weighted by atomic mass is 10.0. The van der Waals surface area contributed by atoms with E-state index in [1.165, 1.54) is 16.8 Å². The van der Waals surface area contributed by atoms with Gasteiger partial charge in [0.05, 0.1) is 30.9 Å². The van der Waals surface area contributed by atoms with E-state index < -0.39 is 59.6 Å². The Kier molecular flexibility index (Phi) is 9.09. The van der Waals surface area contributed by atoms with Gasteiger partial charge in [-0.1, -0.05) is 11.6 Å². The van der Waals surface area contributed by atoms with Crippen LogP contribution in [-0.4, -0.2) is 71.0 Å². The minimum atomic E-state index is -4.74. The molecule has 2 atom stereocenters. The SMILES string of the molecule is COC(=O)[C@H](Cc1ccc(-c2cc(Cl)c(C)n(C)c2=O)c2nccn12)NC(=O)c1c(F)cc(N2CCOC[C@@H]2C(F)(F)F)cc1F. The molecule has 3 aromatic heterocycles. The number of ether oxygens (including phenoxy) is 2. The van der Waals surface area contributed by atoms with Crippen molar-refractivity contribution in [2.24, 2.45) is 7.05 Å². The molecular formula is C30H27ClF5N5O5. The minimum absolute atomic E-state index is 0.0978. The number of alkyl halides is 3. The number of nitrogens with zero attached hydrogens (tertiary/aromatic N) is 4. The number of amides is 1. The van der Waals surface area contributed by atoms with E-state index in [1.54, 1.807) is 36.7 Å². The summed E-state index contributed by atoms with van der Waals surface area (Å²) in [6.45, 7) is 0.588. The smallest absolute Gasteiger partial charge is 0.411 e. The molecule has 244 valence electrons. The number of aromatic nitrogens is 3. The third-order valence-electron chi connectivity index (χ3n) is 7.87. The highest BCUT2D eigenvalue weighted by Gasteiger charge is 2.46. The molecule has 1 aliphatic heterocycles. The Morgan fingerprint density at radius 1 is 1.17 bits per heavy atom. The number of pyridine rings is 2. The molecule has 4 heterocycles. The molecule has 46 heavy (non-hydrogen) atoms. The molecule has 1 aliphatic rings. The summed E-state index contributed by atoms with van der Waals surface area (Å²) in [5.74, 6) is -5.13. The number of anilines is 1. The molecule has 1 amide bonds. The summed E-state index contributed by atoms with van der Waals surface area (Å²) in [4.78, 5) is 44.0. The molecule has 0 saturated carbocycles. The summed E-state index contributed by atoms with van der Waals surface area (Å²) < 4.78 is 83.6. The number of methoxy groups -OCH3 is 1. The van der Waals surface area contributed by atoms with E-state index in [-0.39, 0.29) is 30.7 Å². The van der Waals surface area contributed by atoms with Gasteiger partial charge in [0.15, 0.2) is 0 Å². The molecule has 1 saturated heterocycles. The highest BCUT2D eigenvalue weighted by atomic mass is 35.5. The lowest BCUT2D eigenvalue weighted by Crippen LogP contribution is -2.53. The predicted molar refractivity (Wildman–Crippen MR) is 157 cm³/mol. The van der Waals surface area contributed by atoms with E-state index in [0.717, 1.165) is 12.0 Å². The van der Waals surface area contributed by atoms with Gasteiger partial charge < -0.3 is 28.7 Å². The van der Waals surface area contributed by atoms with Crippen molar-refractivity contribution in [3.05, 3.63) is 86.7 Å². The summed E-state index contributed by atoms with van der Waals surface area (Å²) in [7, 11) is 2.64. The molecule has 1 N–H and O–H groups in total. The van der Waals surface area contributed by atoms with Gasteiger partial charge in [-0.2, -0.15) is 13.2 Å². The highest BCUT2D eigenvalue weighted by Crippen LogP contribution is 2.33. The van der Waals surface area contributed by atoms with Gasteiger partial charge in [0.1, 0.15) is 34.9 Å². The molecule has 0 radical (unpaired) electrons. The molecule has 1 fully saturated rings. The van der Waals surface area contributed by atoms with Gasteiger partial charge in [0.2, 0.25) is 0 Å². The van der Waals surface area contributed by atoms with Gasteiger partial charge in [0, 0.05) is 55.0 Å². The van der Waals surface area contributed by atoms with Gasteiger partial charge >= 0.3 is 12.1 Å². The van der Waals surface area contributed by atoms with Crippen LogP contribution in [0.25, 0.3) is 16.8 Å². The van der Waals surface area contributed by atoms with E-state index in [4.69, 9.17) is 21.1 Å². The molecule has 0 unspecified atom stereocenters. The van der Waals surface area contributed by atoms with Crippen molar-refractivity contribution in [3.63, 3.8) is 0 Å². The number of nitrogens with one attached hydrogen (secondary N) is 1. The Labute approximate surface area is 263 Å². The summed E-state index contributed by atoms with van der Waals surface area (Å²) in [5, 5.41) is 2.63. The van der Waals surface area contributed by atoms with Gasteiger partial charge in [-0.05, 0) is 37.3 Å². The van der Waals surface area contributed by atoms with E-state index in [9.17, 15) is 27.6 Å². The van der Waals surface area contributed by atoms with Crippen LogP contribution in [0.15, 0.2) is 47.5 Å². The lowest BCUT2D eigenvalue weighted by Gasteiger charge is -2.38. The Morgan fingerprint density at radius 2 is 1.87 bits per heavy atom. The van der Waals surface area contributed by atoms with Gasteiger partial charge in [-0.15, -0.1) is 0 Å². The average molecular weight is 668 g/mol. The van der Waals surface area contributed by atoms with Crippen molar-refractivity contribution in [2.75, 3.05) is 31.8 Å². The van der Waals surface area contributed by atoms with Crippen LogP contribution in [0, 0.1) is 18.6 Å². The topological polar surface area (TPSA) is 107 Å². The van der Waals surface area contributed by atoms with Crippen LogP contribution in [0.1, 0.15) is 21.7 Å². The standard InChI is InChI=1S/C30H27ClF5N5O5/c1-15-20(31)13-19(28(43)39(15)2)18-5-4-16(41-7-6-37-26(18)41)12-23(29(44)45-3)38-27(42)25-21(32)10-17(11-22(25)33)40-8-9-46-14-24(40)30(34,35)36/h4-7,10-11,13,23-24H,8-9,12,14H2,1-3H3,(H,38,42)/t23-,24+/m0/s1. The van der Waals surface area contributed by atoms with Crippen LogP contribution >= 0.6 is 11.6 Å². The average Bonchev–Trinajstić information content (AvgIpc) is 3.51. The van der Waals surface area contributed by atoms with E-state index >= 15 is 8.78 Å². The number of carbonyl (C=O) groups excluding carboxylic acids is 2. The highest BCUT2D eigenvalue weighted by molar-refractivity contribution is 6.31. The number of imidazole rings is 1. The van der Waals surface area contributed by atoms with Crippen molar-refractivity contribution >= 4 is 34.8 Å². The van der Waals surface area contributed by atoms with Crippen molar-refractivity contribution < 1.29 is 41.0 Å². The first kappa shape index (κ1) is 32.9. The fourth-order valence-electron chi connectivity index (χ4n) is 5.33. The zero-order chi connectivity index (χ0) is 33.5. The van der Waals surface area contributed by atoms with Crippen molar-refractivity contribution in [1.29, 1.82) is 0 Å². The Hall–Kier alpha value is -4.50. The number of carbonyl (C=O) groups is 2. The maximum atomic E-state index is 15.2. The second-order valence-corrected chi connectivity index (χ2v) is 11.0. The maximum Gasteiger partial charge on any atom is 0.411 e. The Balaban J connectivity index is 1.44. The molecule has 1 aromatic carbocycles. The van der Waals surface area contributed by atoms with Crippen LogP contribution in [0.4, 0.5) is 27.6 Å². The van der Waals surface area contributed by atoms with Gasteiger partial charge in [-0.3, -0.25) is 9.59 Å². The monoisotopic (exact) mass is 667 g/mol. The number of rotatable bonds is 7. The number of hydrogen-bond acceptors (Lipinski definition) is 7. The number of fused-ring (bicyclic) bond motifs is 1. The summed E-state index contributed by atoms with van der Waals surface area (Å²) in [6.07, 6.45) is -1.96. The molecule has 10 nitrogen and oxygen atoms in total. The Bertz CT molecular complexity index is 1870. The molecule has 0 spiro atoms. The second kappa shape index (κ2) is 12.7. The zero-order valence-corrected chi connectivity index (χ0v) is 25.4. The van der Waals surface area contributed by atoms with Crippen LogP contribution in [-0.2, 0) is 27.7 Å². The van der Waals surface area contributed by atoms with E-state index in [1.807, 2.05) is 0 Å². The van der Waals surface area contributed by atoms with Crippen LogP contribution < -0.4 is 15.8 Å². The predicted octanol–water partition coefficient (Wildman–Crippen LogP) is 4.22. The van der Waals surface area contributed by atoms with Crippen molar-refractivity contribution in [3.8, 4) is 11.1 Å². The molecule has 4 aromatic rings. The van der Waals surface area contributed by atoms with Crippen LogP contribution in [0.5, 0.6) is 0 Å². The first-order valence-electron chi connectivity index (χ1n) is 13.8. The van der Waals surface area contributed by atoms with Crippen molar-refractivity contribution in [1.82, 2.24) is 19.3 Å². The van der Waals surface area contributed by atoms with Crippen LogP contribution in [0.3, 0.4) is 0 Å². The van der Waals surface area contributed by atoms with E-state index in [0.29, 0.717) is 39.8 Å². The van der Waals surface area contributed by atoms with Crippen LogP contribution in [0.2, 0.25) is 5.02 Å². The normalized spacial score (nSPS) is 16.0. The maximum absolute atomic E-state index is 15.2. The third kappa shape index (κ3) is 6.16. The molecule has 0 aliphatic carbocycles. The molecule has 0 bridgehead atoms. The Morgan fingerprint density at radius 3 is 2.52 bits per heavy atom. The molecular weight excluding hydrogens is 641 g/mol. The fourth-order valence-corrected chi connectivity index (χ4v) is 5.56. The lowest BCUT2D eigenvalue weighted by molar-refractivity contribution is -0.167. The molecule has 5 rings (SSSR count). The quantitative estimate of drug-likeness (QED) is 0.232. The number of hydrogen-bond donors (Lipinski definition) is 1. The molecule has 16 heteroatoms. The first-order valence-corrected chi connectivity index (χ1v) is 14.2. The third-order valence-corrected chi connectivity index (χ3v) is 8.26. The fraction of sp³-hybridized carbons (Fsp3) is 0.333. The minimum Gasteiger partial charge on any atom is -0.467 e. The number of halogens is 6. The zero-order valence-electron chi connectivity index (χ0n) is 24.6.